The van der Waals surface area contributed by atoms with Crippen molar-refractivity contribution in [1.82, 2.24) is 0 Å². The van der Waals surface area contributed by atoms with Gasteiger partial charge in [-0.3, -0.25) is 4.57 Å². The summed E-state index contributed by atoms with van der Waals surface area (Å²) in [4.78, 5) is 11.3. The second-order valence-corrected chi connectivity index (χ2v) is 6.83. The molecule has 0 amide bonds. The fourth-order valence-electron chi connectivity index (χ4n) is 0.788. The van der Waals surface area contributed by atoms with E-state index in [9.17, 15) is 9.46 Å². The maximum Gasteiger partial charge on any atom is 0.268 e. The van der Waals surface area contributed by atoms with Gasteiger partial charge in [-0.2, -0.15) is 0 Å². The minimum Gasteiger partial charge on any atom is -0.756 e. The van der Waals surface area contributed by atoms with Gasteiger partial charge in [0.25, 0.3) is 7.82 Å². The summed E-state index contributed by atoms with van der Waals surface area (Å²) in [5.41, 5.74) is -0.742. The van der Waals surface area contributed by atoms with Crippen LogP contribution in [0.25, 0.3) is 0 Å². The highest BCUT2D eigenvalue weighted by Gasteiger charge is 2.21. The van der Waals surface area contributed by atoms with E-state index in [0.717, 1.165) is 0 Å². The summed E-state index contributed by atoms with van der Waals surface area (Å²) >= 11 is 0. The minimum atomic E-state index is -4.16. The third kappa shape index (κ3) is 10.4. The highest BCUT2D eigenvalue weighted by molar-refractivity contribution is 7.45. The zero-order valence-corrected chi connectivity index (χ0v) is 11.3. The van der Waals surface area contributed by atoms with E-state index in [1.165, 1.54) is 0 Å². The van der Waals surface area contributed by atoms with Gasteiger partial charge in [-0.15, -0.1) is 0 Å². The van der Waals surface area contributed by atoms with E-state index >= 15 is 0 Å². The zero-order chi connectivity index (χ0) is 12.3. The highest BCUT2D eigenvalue weighted by atomic mass is 31.2. The van der Waals surface area contributed by atoms with Crippen molar-refractivity contribution >= 4 is 7.82 Å². The predicted molar refractivity (Wildman–Crippen MR) is 57.3 cm³/mol. The van der Waals surface area contributed by atoms with Crippen molar-refractivity contribution in [2.24, 2.45) is 0 Å². The lowest BCUT2D eigenvalue weighted by Crippen LogP contribution is -2.37. The topological polar surface area (TPSA) is 58.6 Å². The van der Waals surface area contributed by atoms with Gasteiger partial charge in [0.2, 0.25) is 0 Å². The molecule has 0 aromatic carbocycles. The third-order valence-electron chi connectivity index (χ3n) is 1.40. The van der Waals surface area contributed by atoms with Gasteiger partial charge in [0, 0.05) is 0 Å². The van der Waals surface area contributed by atoms with Gasteiger partial charge in [0.15, 0.2) is 0 Å². The molecule has 6 heteroatoms. The normalized spacial score (nSPS) is 17.5. The van der Waals surface area contributed by atoms with Gasteiger partial charge < -0.3 is 18.4 Å². The first-order valence-electron chi connectivity index (χ1n) is 4.88. The van der Waals surface area contributed by atoms with E-state index in [4.69, 9.17) is 9.05 Å². The molecule has 92 valence electrons. The van der Waals surface area contributed by atoms with Gasteiger partial charge in [0.05, 0.1) is 26.7 Å². The van der Waals surface area contributed by atoms with Crippen LogP contribution in [0.4, 0.5) is 0 Å². The molecule has 0 aromatic heterocycles. The molecule has 15 heavy (non-hydrogen) atoms. The Labute approximate surface area is 92.2 Å². The van der Waals surface area contributed by atoms with Crippen LogP contribution in [0.3, 0.4) is 0 Å². The quantitative estimate of drug-likeness (QED) is 0.530. The lowest BCUT2D eigenvalue weighted by Gasteiger charge is -2.31. The average Bonchev–Trinajstić information content (AvgIpc) is 1.75. The molecule has 0 radical (unpaired) electrons. The molecule has 0 aliphatic heterocycles. The van der Waals surface area contributed by atoms with Crippen LogP contribution in [0, 0.1) is 0 Å². The van der Waals surface area contributed by atoms with Crippen LogP contribution in [-0.4, -0.2) is 44.4 Å². The van der Waals surface area contributed by atoms with Gasteiger partial charge in [-0.05, 0) is 20.8 Å². The Morgan fingerprint density at radius 1 is 1.27 bits per heavy atom. The van der Waals surface area contributed by atoms with Crippen molar-refractivity contribution in [1.29, 1.82) is 0 Å². The van der Waals surface area contributed by atoms with Crippen molar-refractivity contribution in [3.8, 4) is 0 Å². The summed E-state index contributed by atoms with van der Waals surface area (Å²) in [5.74, 6) is 0. The largest absolute Gasteiger partial charge is 0.756 e. The van der Waals surface area contributed by atoms with Crippen molar-refractivity contribution < 1.29 is 23.0 Å². The van der Waals surface area contributed by atoms with Crippen LogP contribution in [0.5, 0.6) is 0 Å². The first-order chi connectivity index (χ1) is 6.41. The van der Waals surface area contributed by atoms with Crippen LogP contribution in [0.1, 0.15) is 20.8 Å². The fourth-order valence-corrected chi connectivity index (χ4v) is 1.82. The van der Waals surface area contributed by atoms with Gasteiger partial charge in [-0.25, -0.2) is 0 Å². The van der Waals surface area contributed by atoms with Gasteiger partial charge in [-0.1, -0.05) is 0 Å². The molecule has 0 rings (SSSR count). The molecule has 0 aromatic rings. The molecule has 0 heterocycles. The third-order valence-corrected chi connectivity index (χ3v) is 2.67. The number of hydrogen-bond donors (Lipinski definition) is 0. The van der Waals surface area contributed by atoms with Crippen LogP contribution < -0.4 is 4.89 Å². The average molecular weight is 239 g/mol. The minimum absolute atomic E-state index is 0.139. The van der Waals surface area contributed by atoms with E-state index < -0.39 is 13.4 Å². The second-order valence-electron chi connectivity index (χ2n) is 5.50. The summed E-state index contributed by atoms with van der Waals surface area (Å²) in [6.45, 7) is 5.75. The Morgan fingerprint density at radius 3 is 2.07 bits per heavy atom. The molecule has 0 aliphatic carbocycles. The van der Waals surface area contributed by atoms with Crippen molar-refractivity contribution in [2.45, 2.75) is 26.4 Å². The predicted octanol–water partition coefficient (Wildman–Crippen LogP) is 0.993. The van der Waals surface area contributed by atoms with E-state index in [0.29, 0.717) is 11.0 Å². The maximum absolute atomic E-state index is 11.3. The molecule has 1 unspecified atom stereocenters. The second kappa shape index (κ2) is 4.93. The molecule has 0 spiro atoms. The van der Waals surface area contributed by atoms with E-state index in [-0.39, 0.29) is 6.61 Å². The highest BCUT2D eigenvalue weighted by Crippen LogP contribution is 2.42. The standard InChI is InChI=1S/C9H22NO4P/c1-9(2,3)14-15(11,12)13-8-7-10(4,5)6/h7-8H2,1-6H3. The molecule has 0 fully saturated rings. The number of phosphoric acid groups is 1. The van der Waals surface area contributed by atoms with Gasteiger partial charge >= 0.3 is 0 Å². The van der Waals surface area contributed by atoms with Crippen LogP contribution in [0.15, 0.2) is 0 Å². The molecular formula is C9H22NO4P. The molecule has 1 atom stereocenters. The molecule has 0 N–H and O–H groups in total. The molecular weight excluding hydrogens is 217 g/mol. The van der Waals surface area contributed by atoms with Crippen LogP contribution in [-0.2, 0) is 13.6 Å². The van der Waals surface area contributed by atoms with Crippen LogP contribution in [0.2, 0.25) is 0 Å². The Balaban J connectivity index is 4.01. The molecule has 0 bridgehead atoms. The molecule has 0 saturated heterocycles. The van der Waals surface area contributed by atoms with E-state index in [2.05, 4.69) is 0 Å². The number of nitrogens with zero attached hydrogens (tertiary/aromatic N) is 1. The lowest BCUT2D eigenvalue weighted by molar-refractivity contribution is -0.870. The SMILES string of the molecule is CC(C)(C)OP(=O)([O-])OCC[N+](C)(C)C. The summed E-state index contributed by atoms with van der Waals surface area (Å²) in [6.07, 6.45) is 0. The van der Waals surface area contributed by atoms with Crippen LogP contribution >= 0.6 is 7.82 Å². The van der Waals surface area contributed by atoms with Gasteiger partial charge in [0.1, 0.15) is 13.2 Å². The number of likely N-dealkylation sites (N-methyl/N-ethyl adjacent to an activating group) is 1. The Hall–Kier alpha value is 0.0700. The molecule has 0 aliphatic rings. The zero-order valence-electron chi connectivity index (χ0n) is 10.4. The smallest absolute Gasteiger partial charge is 0.268 e. The monoisotopic (exact) mass is 239 g/mol. The summed E-state index contributed by atoms with van der Waals surface area (Å²) in [6, 6.07) is 0. The summed E-state index contributed by atoms with van der Waals surface area (Å²) in [7, 11) is 1.73. The Kier molecular flexibility index (Phi) is 4.96. The summed E-state index contributed by atoms with van der Waals surface area (Å²) < 4.78 is 21.5. The Bertz CT molecular complexity index is 241. The molecule has 5 nitrogen and oxygen atoms in total. The van der Waals surface area contributed by atoms with Crippen molar-refractivity contribution in [3.63, 3.8) is 0 Å². The van der Waals surface area contributed by atoms with Crippen molar-refractivity contribution in [2.75, 3.05) is 34.3 Å². The lowest BCUT2D eigenvalue weighted by atomic mass is 10.2. The number of quaternary nitrogens is 1. The number of rotatable bonds is 5. The number of phosphoric ester groups is 1. The summed E-state index contributed by atoms with van der Waals surface area (Å²) in [5, 5.41) is 0. The fraction of sp³-hybridized carbons (Fsp3) is 1.00. The number of hydrogen-bond acceptors (Lipinski definition) is 4. The maximum atomic E-state index is 11.3. The molecule has 0 saturated carbocycles. The van der Waals surface area contributed by atoms with E-state index in [1.807, 2.05) is 21.1 Å². The first kappa shape index (κ1) is 15.1. The first-order valence-corrected chi connectivity index (χ1v) is 6.34. The van der Waals surface area contributed by atoms with Crippen molar-refractivity contribution in [3.05, 3.63) is 0 Å². The van der Waals surface area contributed by atoms with E-state index in [1.54, 1.807) is 20.8 Å². The Morgan fingerprint density at radius 2 is 1.73 bits per heavy atom.